The van der Waals surface area contributed by atoms with Crippen LogP contribution in [0, 0.1) is 0 Å². The number of carbonyl (C=O) groups excluding carboxylic acids is 1. The van der Waals surface area contributed by atoms with Crippen molar-refractivity contribution in [2.24, 2.45) is 0 Å². The average molecular weight is 345 g/mol. The Morgan fingerprint density at radius 1 is 1.36 bits per heavy atom. The Balaban J connectivity index is 1.87. The number of carbonyl (C=O) groups is 1. The fraction of sp³-hybridized carbons (Fsp3) is 0.533. The number of halogens is 1. The van der Waals surface area contributed by atoms with E-state index >= 15 is 0 Å². The maximum atomic E-state index is 11.8. The second-order valence-electron chi connectivity index (χ2n) is 5.63. The van der Waals surface area contributed by atoms with Gasteiger partial charge < -0.3 is 5.32 Å². The van der Waals surface area contributed by atoms with Crippen LogP contribution in [0.3, 0.4) is 0 Å². The fourth-order valence-electron chi connectivity index (χ4n) is 2.14. The molecule has 0 unspecified atom stereocenters. The van der Waals surface area contributed by atoms with E-state index in [1.165, 1.54) is 10.6 Å². The van der Waals surface area contributed by atoms with E-state index in [2.05, 4.69) is 5.32 Å². The highest BCUT2D eigenvalue weighted by atomic mass is 35.5. The number of sulfonamides is 1. The molecule has 1 N–H and O–H groups in total. The van der Waals surface area contributed by atoms with Gasteiger partial charge >= 0.3 is 0 Å². The van der Waals surface area contributed by atoms with Crippen molar-refractivity contribution in [3.63, 3.8) is 0 Å². The molecule has 7 heteroatoms. The van der Waals surface area contributed by atoms with Crippen molar-refractivity contribution in [1.29, 1.82) is 0 Å². The van der Waals surface area contributed by atoms with E-state index in [0.29, 0.717) is 24.0 Å². The number of hydrogen-bond acceptors (Lipinski definition) is 3. The van der Waals surface area contributed by atoms with Gasteiger partial charge in [0.05, 0.1) is 6.26 Å². The average Bonchev–Trinajstić information content (AvgIpc) is 3.21. The highest BCUT2D eigenvalue weighted by Crippen LogP contribution is 2.18. The molecular formula is C15H21ClN2O3S. The smallest absolute Gasteiger partial charge is 0.221 e. The second-order valence-corrected chi connectivity index (χ2v) is 8.05. The summed E-state index contributed by atoms with van der Waals surface area (Å²) in [6, 6.07) is 7.65. The normalized spacial score (nSPS) is 15.0. The largest absolute Gasteiger partial charge is 0.353 e. The Morgan fingerprint density at radius 2 is 2.09 bits per heavy atom. The van der Waals surface area contributed by atoms with E-state index in [0.717, 1.165) is 18.4 Å². The van der Waals surface area contributed by atoms with Crippen LogP contribution in [0.4, 0.5) is 0 Å². The number of amides is 1. The van der Waals surface area contributed by atoms with Crippen LogP contribution in [-0.2, 0) is 21.2 Å². The van der Waals surface area contributed by atoms with Crippen molar-refractivity contribution >= 4 is 27.5 Å². The summed E-state index contributed by atoms with van der Waals surface area (Å²) < 4.78 is 25.0. The van der Waals surface area contributed by atoms with Gasteiger partial charge in [0, 0.05) is 30.6 Å². The summed E-state index contributed by atoms with van der Waals surface area (Å²) >= 11 is 5.92. The van der Waals surface area contributed by atoms with Gasteiger partial charge in [-0.15, -0.1) is 0 Å². The van der Waals surface area contributed by atoms with Crippen LogP contribution in [0.2, 0.25) is 5.02 Å². The Morgan fingerprint density at radius 3 is 2.68 bits per heavy atom. The Kier molecular flexibility index (Phi) is 5.83. The van der Waals surface area contributed by atoms with Crippen LogP contribution in [-0.4, -0.2) is 44.0 Å². The van der Waals surface area contributed by atoms with Crippen LogP contribution in [0.1, 0.15) is 24.8 Å². The van der Waals surface area contributed by atoms with Crippen molar-refractivity contribution in [2.75, 3.05) is 19.3 Å². The lowest BCUT2D eigenvalue weighted by Gasteiger charge is -2.19. The lowest BCUT2D eigenvalue weighted by atomic mass is 10.1. The third-order valence-corrected chi connectivity index (χ3v) is 5.08. The minimum atomic E-state index is -3.33. The predicted molar refractivity (Wildman–Crippen MR) is 87.4 cm³/mol. The van der Waals surface area contributed by atoms with Gasteiger partial charge in [0.1, 0.15) is 0 Å². The number of nitrogens with zero attached hydrogens (tertiary/aromatic N) is 1. The summed E-state index contributed by atoms with van der Waals surface area (Å²) in [6.07, 6.45) is 3.98. The number of hydrogen-bond donors (Lipinski definition) is 1. The Labute approximate surface area is 136 Å². The van der Waals surface area contributed by atoms with E-state index in [4.69, 9.17) is 11.6 Å². The first-order valence-electron chi connectivity index (χ1n) is 7.33. The zero-order valence-electron chi connectivity index (χ0n) is 12.6. The van der Waals surface area contributed by atoms with Gasteiger partial charge in [-0.05, 0) is 37.0 Å². The van der Waals surface area contributed by atoms with Gasteiger partial charge in [-0.2, -0.15) is 0 Å². The first kappa shape index (κ1) is 17.2. The Bertz CT molecular complexity index is 629. The molecule has 0 saturated heterocycles. The minimum Gasteiger partial charge on any atom is -0.353 e. The summed E-state index contributed by atoms with van der Waals surface area (Å²) in [7, 11) is -3.33. The van der Waals surface area contributed by atoms with Gasteiger partial charge in [0.2, 0.25) is 15.9 Å². The molecule has 1 aliphatic carbocycles. The maximum Gasteiger partial charge on any atom is 0.221 e. The minimum absolute atomic E-state index is 0.0843. The van der Waals surface area contributed by atoms with Crippen LogP contribution in [0.25, 0.3) is 0 Å². The summed E-state index contributed by atoms with van der Waals surface area (Å²) in [5.74, 6) is -0.0843. The van der Waals surface area contributed by atoms with E-state index in [1.807, 2.05) is 18.2 Å². The van der Waals surface area contributed by atoms with E-state index in [-0.39, 0.29) is 18.9 Å². The molecule has 0 bridgehead atoms. The zero-order chi connectivity index (χ0) is 16.2. The Hall–Kier alpha value is -1.11. The SMILES string of the molecule is CS(=O)(=O)N(CCC(=O)NC1CC1)CCc1cccc(Cl)c1. The summed E-state index contributed by atoms with van der Waals surface area (Å²) in [4.78, 5) is 11.7. The first-order valence-corrected chi connectivity index (χ1v) is 9.56. The molecule has 1 fully saturated rings. The van der Waals surface area contributed by atoms with Gasteiger partial charge in [-0.3, -0.25) is 4.79 Å². The van der Waals surface area contributed by atoms with Gasteiger partial charge in [0.15, 0.2) is 0 Å². The molecular weight excluding hydrogens is 324 g/mol. The molecule has 0 spiro atoms. The maximum absolute atomic E-state index is 11.8. The molecule has 5 nitrogen and oxygen atoms in total. The molecule has 1 aromatic carbocycles. The third kappa shape index (κ3) is 5.94. The third-order valence-electron chi connectivity index (χ3n) is 3.54. The molecule has 1 amide bonds. The lowest BCUT2D eigenvalue weighted by Crippen LogP contribution is -2.36. The van der Waals surface area contributed by atoms with Gasteiger partial charge in [0.25, 0.3) is 0 Å². The van der Waals surface area contributed by atoms with Crippen LogP contribution in [0.15, 0.2) is 24.3 Å². The monoisotopic (exact) mass is 344 g/mol. The molecule has 0 heterocycles. The molecule has 2 rings (SSSR count). The fourth-order valence-corrected chi connectivity index (χ4v) is 3.20. The zero-order valence-corrected chi connectivity index (χ0v) is 14.2. The number of rotatable bonds is 8. The van der Waals surface area contributed by atoms with Crippen molar-refractivity contribution < 1.29 is 13.2 Å². The van der Waals surface area contributed by atoms with Gasteiger partial charge in [-0.1, -0.05) is 23.7 Å². The molecule has 0 aliphatic heterocycles. The number of benzene rings is 1. The molecule has 22 heavy (non-hydrogen) atoms. The molecule has 1 saturated carbocycles. The van der Waals surface area contributed by atoms with Crippen LogP contribution < -0.4 is 5.32 Å². The summed E-state index contributed by atoms with van der Waals surface area (Å²) in [5.41, 5.74) is 0.976. The highest BCUT2D eigenvalue weighted by Gasteiger charge is 2.24. The van der Waals surface area contributed by atoms with E-state index in [1.54, 1.807) is 6.07 Å². The second kappa shape index (κ2) is 7.44. The topological polar surface area (TPSA) is 66.5 Å². The molecule has 1 aromatic rings. The molecule has 0 radical (unpaired) electrons. The first-order chi connectivity index (χ1) is 10.3. The number of nitrogens with one attached hydrogen (secondary N) is 1. The quantitative estimate of drug-likeness (QED) is 0.782. The van der Waals surface area contributed by atoms with E-state index in [9.17, 15) is 13.2 Å². The summed E-state index contributed by atoms with van der Waals surface area (Å²) in [5, 5.41) is 3.50. The van der Waals surface area contributed by atoms with Crippen molar-refractivity contribution in [3.05, 3.63) is 34.9 Å². The van der Waals surface area contributed by atoms with Crippen LogP contribution >= 0.6 is 11.6 Å². The molecule has 1 aliphatic rings. The van der Waals surface area contributed by atoms with E-state index < -0.39 is 10.0 Å². The van der Waals surface area contributed by atoms with Crippen molar-refractivity contribution in [1.82, 2.24) is 9.62 Å². The predicted octanol–water partition coefficient (Wildman–Crippen LogP) is 1.81. The molecule has 122 valence electrons. The standard InChI is InChI=1S/C15H21ClN2O3S/c1-22(20,21)18(10-8-15(19)17-14-5-6-14)9-7-12-3-2-4-13(16)11-12/h2-4,11,14H,5-10H2,1H3,(H,17,19). The summed E-state index contributed by atoms with van der Waals surface area (Å²) in [6.45, 7) is 0.549. The molecule has 0 aromatic heterocycles. The molecule has 0 atom stereocenters. The van der Waals surface area contributed by atoms with Crippen LogP contribution in [0.5, 0.6) is 0 Å². The van der Waals surface area contributed by atoms with Crippen molar-refractivity contribution in [2.45, 2.75) is 31.7 Å². The highest BCUT2D eigenvalue weighted by molar-refractivity contribution is 7.88. The van der Waals surface area contributed by atoms with Crippen molar-refractivity contribution in [3.8, 4) is 0 Å². The van der Waals surface area contributed by atoms with Gasteiger partial charge in [-0.25, -0.2) is 12.7 Å². The lowest BCUT2D eigenvalue weighted by molar-refractivity contribution is -0.121.